The Hall–Kier alpha value is -0.890. The maximum atomic E-state index is 13.5. The van der Waals surface area contributed by atoms with E-state index >= 15 is 0 Å². The van der Waals surface area contributed by atoms with Gasteiger partial charge in [-0.1, -0.05) is 30.3 Å². The van der Waals surface area contributed by atoms with Gasteiger partial charge in [0.2, 0.25) is 0 Å². The smallest absolute Gasteiger partial charge is 0.119 e. The highest BCUT2D eigenvalue weighted by Crippen LogP contribution is 2.27. The third-order valence-electron chi connectivity index (χ3n) is 2.64. The molecule has 1 aliphatic rings. The van der Waals surface area contributed by atoms with Crippen molar-refractivity contribution in [3.05, 3.63) is 35.9 Å². The molecular weight excluding hydrogens is 165 g/mol. The maximum absolute atomic E-state index is 13.5. The fourth-order valence-corrected chi connectivity index (χ4v) is 1.90. The van der Waals surface area contributed by atoms with Crippen molar-refractivity contribution in [2.45, 2.75) is 18.5 Å². The molecule has 0 spiro atoms. The molecule has 0 aliphatic carbocycles. The lowest BCUT2D eigenvalue weighted by Gasteiger charge is -2.26. The van der Waals surface area contributed by atoms with Gasteiger partial charge in [-0.15, -0.1) is 0 Å². The predicted octanol–water partition coefficient (Wildman–Crippen LogP) is 2.10. The van der Waals surface area contributed by atoms with Crippen LogP contribution in [0.15, 0.2) is 30.3 Å². The highest BCUT2D eigenvalue weighted by atomic mass is 19.1. The van der Waals surface area contributed by atoms with Crippen LogP contribution >= 0.6 is 0 Å². The first kappa shape index (κ1) is 8.70. The minimum atomic E-state index is -0.726. The number of benzene rings is 1. The fraction of sp³-hybridized carbons (Fsp3) is 0.455. The Labute approximate surface area is 78.0 Å². The van der Waals surface area contributed by atoms with Crippen LogP contribution in [0.4, 0.5) is 4.39 Å². The molecular formula is C11H14FN. The summed E-state index contributed by atoms with van der Waals surface area (Å²) in [6.45, 7) is 1.43. The van der Waals surface area contributed by atoms with E-state index in [1.165, 1.54) is 0 Å². The average molecular weight is 179 g/mol. The van der Waals surface area contributed by atoms with Gasteiger partial charge in [-0.25, -0.2) is 4.39 Å². The second kappa shape index (κ2) is 3.88. The van der Waals surface area contributed by atoms with Crippen LogP contribution in [0, 0.1) is 0 Å². The van der Waals surface area contributed by atoms with E-state index in [9.17, 15) is 4.39 Å². The molecule has 70 valence electrons. The van der Waals surface area contributed by atoms with Crippen molar-refractivity contribution in [2.75, 3.05) is 13.1 Å². The second-order valence-electron chi connectivity index (χ2n) is 3.53. The van der Waals surface area contributed by atoms with Crippen LogP contribution in [-0.2, 0) is 0 Å². The van der Waals surface area contributed by atoms with E-state index in [0.717, 1.165) is 18.5 Å². The molecule has 0 unspecified atom stereocenters. The average Bonchev–Trinajstić information content (AvgIpc) is 2.20. The van der Waals surface area contributed by atoms with Crippen LogP contribution in [0.25, 0.3) is 0 Å². The molecule has 0 radical (unpaired) electrons. The van der Waals surface area contributed by atoms with Gasteiger partial charge < -0.3 is 5.32 Å². The number of piperidine rings is 1. The van der Waals surface area contributed by atoms with Gasteiger partial charge in [0.25, 0.3) is 0 Å². The van der Waals surface area contributed by atoms with Crippen molar-refractivity contribution >= 4 is 0 Å². The Kier molecular flexibility index (Phi) is 2.60. The minimum absolute atomic E-state index is 0.0995. The topological polar surface area (TPSA) is 12.0 Å². The molecule has 1 N–H and O–H groups in total. The summed E-state index contributed by atoms with van der Waals surface area (Å²) < 4.78 is 13.5. The Morgan fingerprint density at radius 3 is 2.69 bits per heavy atom. The molecule has 13 heavy (non-hydrogen) atoms. The molecule has 0 saturated carbocycles. The Bertz CT molecular complexity index is 260. The third-order valence-corrected chi connectivity index (χ3v) is 2.64. The first-order valence-corrected chi connectivity index (χ1v) is 4.77. The Morgan fingerprint density at radius 1 is 1.23 bits per heavy atom. The van der Waals surface area contributed by atoms with Crippen molar-refractivity contribution in [3.63, 3.8) is 0 Å². The number of alkyl halides is 1. The lowest BCUT2D eigenvalue weighted by molar-refractivity contribution is 0.231. The molecule has 0 aromatic heterocycles. The summed E-state index contributed by atoms with van der Waals surface area (Å²) in [6, 6.07) is 9.96. The molecule has 1 nitrogen and oxygen atoms in total. The molecule has 1 aromatic carbocycles. The quantitative estimate of drug-likeness (QED) is 0.696. The molecule has 0 amide bonds. The van der Waals surface area contributed by atoms with Gasteiger partial charge in [-0.2, -0.15) is 0 Å². The van der Waals surface area contributed by atoms with E-state index in [1.807, 2.05) is 30.3 Å². The van der Waals surface area contributed by atoms with Crippen LogP contribution < -0.4 is 5.32 Å². The summed E-state index contributed by atoms with van der Waals surface area (Å²) in [4.78, 5) is 0. The lowest BCUT2D eigenvalue weighted by atomic mass is 9.89. The van der Waals surface area contributed by atoms with Crippen LogP contribution in [-0.4, -0.2) is 19.3 Å². The van der Waals surface area contributed by atoms with Crippen LogP contribution in [0.3, 0.4) is 0 Å². The number of hydrogen-bond donors (Lipinski definition) is 1. The zero-order valence-electron chi connectivity index (χ0n) is 7.54. The van der Waals surface area contributed by atoms with Crippen molar-refractivity contribution in [1.29, 1.82) is 0 Å². The van der Waals surface area contributed by atoms with Gasteiger partial charge in [0.15, 0.2) is 0 Å². The maximum Gasteiger partial charge on any atom is 0.119 e. The summed E-state index contributed by atoms with van der Waals surface area (Å²) in [6.07, 6.45) is 0.182. The summed E-state index contributed by atoms with van der Waals surface area (Å²) in [5, 5.41) is 3.06. The molecule has 2 rings (SSSR count). The van der Waals surface area contributed by atoms with E-state index in [0.29, 0.717) is 6.54 Å². The minimum Gasteiger partial charge on any atom is -0.314 e. The largest absolute Gasteiger partial charge is 0.314 e. The number of nitrogens with one attached hydrogen (secondary N) is 1. The van der Waals surface area contributed by atoms with Crippen molar-refractivity contribution in [1.82, 2.24) is 5.32 Å². The molecule has 1 aliphatic heterocycles. The number of hydrogen-bond acceptors (Lipinski definition) is 1. The summed E-state index contributed by atoms with van der Waals surface area (Å²) in [7, 11) is 0. The van der Waals surface area contributed by atoms with E-state index in [2.05, 4.69) is 5.32 Å². The Balaban J connectivity index is 2.15. The van der Waals surface area contributed by atoms with Crippen molar-refractivity contribution < 1.29 is 4.39 Å². The molecule has 1 fully saturated rings. The highest BCUT2D eigenvalue weighted by molar-refractivity contribution is 5.21. The molecule has 2 atom stereocenters. The monoisotopic (exact) mass is 179 g/mol. The normalized spacial score (nSPS) is 28.7. The summed E-state index contributed by atoms with van der Waals surface area (Å²) >= 11 is 0. The predicted molar refractivity (Wildman–Crippen MR) is 51.6 cm³/mol. The van der Waals surface area contributed by atoms with Crippen molar-refractivity contribution in [2.24, 2.45) is 0 Å². The SMILES string of the molecule is F[C@@H]1CNCC[C@H]1c1ccccc1. The molecule has 0 bridgehead atoms. The second-order valence-corrected chi connectivity index (χ2v) is 3.53. The number of halogens is 1. The zero-order chi connectivity index (χ0) is 9.10. The van der Waals surface area contributed by atoms with Crippen LogP contribution in [0.5, 0.6) is 0 Å². The summed E-state index contributed by atoms with van der Waals surface area (Å²) in [5.41, 5.74) is 1.14. The van der Waals surface area contributed by atoms with Gasteiger partial charge in [-0.05, 0) is 18.5 Å². The Morgan fingerprint density at radius 2 is 2.00 bits per heavy atom. The first-order valence-electron chi connectivity index (χ1n) is 4.77. The summed E-state index contributed by atoms with van der Waals surface area (Å²) in [5.74, 6) is 0.0995. The van der Waals surface area contributed by atoms with E-state index < -0.39 is 6.17 Å². The zero-order valence-corrected chi connectivity index (χ0v) is 7.54. The molecule has 1 aromatic rings. The van der Waals surface area contributed by atoms with E-state index in [1.54, 1.807) is 0 Å². The fourth-order valence-electron chi connectivity index (χ4n) is 1.90. The van der Waals surface area contributed by atoms with Gasteiger partial charge in [0.05, 0.1) is 0 Å². The molecule has 1 heterocycles. The number of rotatable bonds is 1. The van der Waals surface area contributed by atoms with Gasteiger partial charge >= 0.3 is 0 Å². The third kappa shape index (κ3) is 1.89. The lowest BCUT2D eigenvalue weighted by Crippen LogP contribution is -2.36. The standard InChI is InChI=1S/C11H14FN/c12-11-8-13-7-6-10(11)9-4-2-1-3-5-9/h1-5,10-11,13H,6-8H2/t10-,11+/m0/s1. The van der Waals surface area contributed by atoms with Crippen LogP contribution in [0.1, 0.15) is 17.9 Å². The van der Waals surface area contributed by atoms with Gasteiger partial charge in [-0.3, -0.25) is 0 Å². The first-order chi connectivity index (χ1) is 6.38. The van der Waals surface area contributed by atoms with Gasteiger partial charge in [0.1, 0.15) is 6.17 Å². The molecule has 2 heteroatoms. The van der Waals surface area contributed by atoms with Crippen molar-refractivity contribution in [3.8, 4) is 0 Å². The van der Waals surface area contributed by atoms with E-state index in [4.69, 9.17) is 0 Å². The highest BCUT2D eigenvalue weighted by Gasteiger charge is 2.25. The van der Waals surface area contributed by atoms with Crippen LogP contribution in [0.2, 0.25) is 0 Å². The van der Waals surface area contributed by atoms with Gasteiger partial charge in [0, 0.05) is 12.5 Å². The van der Waals surface area contributed by atoms with E-state index in [-0.39, 0.29) is 5.92 Å². The molecule has 1 saturated heterocycles.